The molecule has 45 heavy (non-hydrogen) atoms. The maximum Gasteiger partial charge on any atom is 0.329 e. The third-order valence-electron chi connectivity index (χ3n) is 6.01. The van der Waals surface area contributed by atoms with Gasteiger partial charge in [-0.1, -0.05) is 66.8 Å². The van der Waals surface area contributed by atoms with Crippen LogP contribution in [0.15, 0.2) is 54.6 Å². The second-order valence-electron chi connectivity index (χ2n) is 12.5. The minimum Gasteiger partial charge on any atom is -0.460 e. The minimum atomic E-state index is -1.35. The molecule has 0 bridgehead atoms. The molecular formula is C33H44N4O7S. The van der Waals surface area contributed by atoms with Crippen molar-refractivity contribution in [2.75, 3.05) is 6.54 Å². The van der Waals surface area contributed by atoms with E-state index in [1.165, 1.54) is 0 Å². The van der Waals surface area contributed by atoms with Gasteiger partial charge in [-0.3, -0.25) is 19.2 Å². The highest BCUT2D eigenvalue weighted by molar-refractivity contribution is 7.80. The summed E-state index contributed by atoms with van der Waals surface area (Å²) in [4.78, 5) is 64.7. The van der Waals surface area contributed by atoms with Gasteiger partial charge in [-0.25, -0.2) is 4.79 Å². The molecule has 0 saturated carbocycles. The zero-order valence-electron chi connectivity index (χ0n) is 26.7. The van der Waals surface area contributed by atoms with Crippen molar-refractivity contribution in [3.05, 3.63) is 71.3 Å². The van der Waals surface area contributed by atoms with Crippen LogP contribution in [-0.4, -0.2) is 64.5 Å². The third-order valence-corrected chi connectivity index (χ3v) is 6.25. The van der Waals surface area contributed by atoms with Crippen LogP contribution in [0.25, 0.3) is 0 Å². The first-order valence-corrected chi connectivity index (χ1v) is 15.1. The predicted octanol–water partition coefficient (Wildman–Crippen LogP) is 2.66. The second-order valence-corrected chi connectivity index (χ2v) is 13.0. The number of carbonyl (C=O) groups excluding carboxylic acids is 5. The molecule has 2 aromatic carbocycles. The summed E-state index contributed by atoms with van der Waals surface area (Å²) in [6, 6.07) is 13.5. The van der Waals surface area contributed by atoms with Crippen LogP contribution in [0.1, 0.15) is 71.1 Å². The van der Waals surface area contributed by atoms with Gasteiger partial charge in [-0.2, -0.15) is 0 Å². The van der Waals surface area contributed by atoms with Crippen LogP contribution in [0.5, 0.6) is 0 Å². The number of thiocarbonyl (C=S) groups is 1. The van der Waals surface area contributed by atoms with Crippen molar-refractivity contribution in [2.24, 2.45) is 5.73 Å². The highest BCUT2D eigenvalue weighted by Crippen LogP contribution is 2.13. The summed E-state index contributed by atoms with van der Waals surface area (Å²) < 4.78 is 10.9. The Bertz CT molecular complexity index is 1350. The van der Waals surface area contributed by atoms with E-state index < -0.39 is 53.5 Å². The van der Waals surface area contributed by atoms with E-state index in [1.807, 2.05) is 18.2 Å². The Hall–Kier alpha value is -4.32. The van der Waals surface area contributed by atoms with E-state index in [1.54, 1.807) is 77.9 Å². The Morgan fingerprint density at radius 1 is 0.778 bits per heavy atom. The van der Waals surface area contributed by atoms with Crippen molar-refractivity contribution >= 4 is 46.9 Å². The average molecular weight is 641 g/mol. The van der Waals surface area contributed by atoms with Crippen molar-refractivity contribution in [3.63, 3.8) is 0 Å². The number of amides is 3. The molecule has 0 aliphatic heterocycles. The molecule has 0 aromatic heterocycles. The lowest BCUT2D eigenvalue weighted by Crippen LogP contribution is -2.54. The second kappa shape index (κ2) is 16.7. The first-order chi connectivity index (χ1) is 20.9. The van der Waals surface area contributed by atoms with Crippen LogP contribution < -0.4 is 21.7 Å². The predicted molar refractivity (Wildman–Crippen MR) is 174 cm³/mol. The van der Waals surface area contributed by atoms with Gasteiger partial charge in [-0.05, 0) is 52.7 Å². The smallest absolute Gasteiger partial charge is 0.329 e. The van der Waals surface area contributed by atoms with Crippen LogP contribution in [0.4, 0.5) is 0 Å². The number of nitrogens with one attached hydrogen (secondary N) is 3. The van der Waals surface area contributed by atoms with E-state index in [0.717, 1.165) is 11.1 Å². The van der Waals surface area contributed by atoms with E-state index in [9.17, 15) is 24.0 Å². The maximum atomic E-state index is 13.5. The molecule has 11 nitrogen and oxygen atoms in total. The van der Waals surface area contributed by atoms with Gasteiger partial charge in [0.05, 0.1) is 12.8 Å². The highest BCUT2D eigenvalue weighted by Gasteiger charge is 2.32. The van der Waals surface area contributed by atoms with E-state index in [4.69, 9.17) is 27.4 Å². The maximum absolute atomic E-state index is 13.5. The standard InChI is InChI=1S/C33H44N4O7S/c1-32(2,3)43-28(40)20-24(30(41)37-25(31(42)44-33(4,5)6)18-21-10-8-7-9-11-21)36-26(38)16-17-35-27(39)19-22-12-14-23(15-13-22)29(34)45/h7-15,24-25H,16-20H2,1-6H3,(H2,34,45)(H,35,39)(H,36,38)(H,37,41)/t24-,25-/m0/s1. The fourth-order valence-corrected chi connectivity index (χ4v) is 4.20. The van der Waals surface area contributed by atoms with Crippen LogP contribution in [-0.2, 0) is 46.3 Å². The van der Waals surface area contributed by atoms with Gasteiger partial charge in [0.2, 0.25) is 17.7 Å². The number of ether oxygens (including phenoxy) is 2. The number of esters is 2. The SMILES string of the molecule is CC(C)(C)OC(=O)C[C@H](NC(=O)CCNC(=O)Cc1ccc(C(N)=S)cc1)C(=O)N[C@@H](Cc1ccccc1)C(=O)OC(C)(C)C. The van der Waals surface area contributed by atoms with Crippen molar-refractivity contribution in [1.82, 2.24) is 16.0 Å². The molecule has 0 radical (unpaired) electrons. The van der Waals surface area contributed by atoms with Crippen molar-refractivity contribution in [1.29, 1.82) is 0 Å². The zero-order chi connectivity index (χ0) is 33.8. The van der Waals surface area contributed by atoms with E-state index >= 15 is 0 Å². The third kappa shape index (κ3) is 14.8. The van der Waals surface area contributed by atoms with Gasteiger partial charge < -0.3 is 31.2 Å². The Kier molecular flexibility index (Phi) is 13.7. The van der Waals surface area contributed by atoms with Crippen LogP contribution in [0.2, 0.25) is 0 Å². The molecule has 5 N–H and O–H groups in total. The molecule has 0 heterocycles. The molecule has 2 aromatic rings. The lowest BCUT2D eigenvalue weighted by atomic mass is 10.0. The summed E-state index contributed by atoms with van der Waals surface area (Å²) in [5.74, 6) is -3.03. The fourth-order valence-electron chi connectivity index (χ4n) is 4.06. The summed E-state index contributed by atoms with van der Waals surface area (Å²) in [5.41, 5.74) is 6.16. The molecule has 0 fully saturated rings. The van der Waals surface area contributed by atoms with Gasteiger partial charge in [0, 0.05) is 24.9 Å². The highest BCUT2D eigenvalue weighted by atomic mass is 32.1. The summed E-state index contributed by atoms with van der Waals surface area (Å²) >= 11 is 4.93. The van der Waals surface area contributed by atoms with Crippen molar-refractivity contribution in [2.45, 2.75) is 90.5 Å². The zero-order valence-corrected chi connectivity index (χ0v) is 27.5. The quantitative estimate of drug-likeness (QED) is 0.179. The van der Waals surface area contributed by atoms with E-state index in [-0.39, 0.29) is 36.7 Å². The Morgan fingerprint density at radius 2 is 1.38 bits per heavy atom. The molecule has 2 rings (SSSR count). The molecule has 12 heteroatoms. The average Bonchev–Trinajstić information content (AvgIpc) is 2.91. The van der Waals surface area contributed by atoms with Crippen LogP contribution >= 0.6 is 12.2 Å². The number of rotatable bonds is 14. The normalized spacial score (nSPS) is 12.7. The molecule has 0 aliphatic rings. The number of hydrogen-bond donors (Lipinski definition) is 4. The number of carbonyl (C=O) groups is 5. The molecule has 244 valence electrons. The fraction of sp³-hybridized carbons (Fsp3) is 0.455. The van der Waals surface area contributed by atoms with Crippen LogP contribution in [0, 0.1) is 0 Å². The topological polar surface area (TPSA) is 166 Å². The van der Waals surface area contributed by atoms with Crippen LogP contribution in [0.3, 0.4) is 0 Å². The largest absolute Gasteiger partial charge is 0.460 e. The summed E-state index contributed by atoms with van der Waals surface area (Å²) in [7, 11) is 0. The Labute approximate surface area is 270 Å². The lowest BCUT2D eigenvalue weighted by Gasteiger charge is -2.27. The first-order valence-electron chi connectivity index (χ1n) is 14.7. The molecule has 0 spiro atoms. The van der Waals surface area contributed by atoms with Crippen molar-refractivity contribution < 1.29 is 33.4 Å². The lowest BCUT2D eigenvalue weighted by molar-refractivity contribution is -0.159. The summed E-state index contributed by atoms with van der Waals surface area (Å²) in [6.07, 6.45) is -0.432. The molecule has 0 unspecified atom stereocenters. The first kappa shape index (κ1) is 36.9. The number of benzene rings is 2. The Morgan fingerprint density at radius 3 is 1.93 bits per heavy atom. The van der Waals surface area contributed by atoms with Gasteiger partial charge in [0.1, 0.15) is 28.3 Å². The molecule has 3 amide bonds. The summed E-state index contributed by atoms with van der Waals surface area (Å²) in [6.45, 7) is 10.2. The monoisotopic (exact) mass is 640 g/mol. The van der Waals surface area contributed by atoms with Gasteiger partial charge in [0.15, 0.2) is 0 Å². The molecular weight excluding hydrogens is 596 g/mol. The van der Waals surface area contributed by atoms with Crippen molar-refractivity contribution in [3.8, 4) is 0 Å². The molecule has 0 saturated heterocycles. The number of nitrogens with two attached hydrogens (primary N) is 1. The number of hydrogen-bond acceptors (Lipinski definition) is 8. The van der Waals surface area contributed by atoms with Gasteiger partial charge in [-0.15, -0.1) is 0 Å². The molecule has 0 aliphatic carbocycles. The Balaban J connectivity index is 2.09. The summed E-state index contributed by atoms with van der Waals surface area (Å²) in [5, 5.41) is 7.87. The van der Waals surface area contributed by atoms with Gasteiger partial charge in [0.25, 0.3) is 0 Å². The minimum absolute atomic E-state index is 0.00897. The van der Waals surface area contributed by atoms with E-state index in [0.29, 0.717) is 5.56 Å². The van der Waals surface area contributed by atoms with Gasteiger partial charge >= 0.3 is 11.9 Å². The molecule has 2 atom stereocenters. The van der Waals surface area contributed by atoms with E-state index in [2.05, 4.69) is 16.0 Å².